The highest BCUT2D eigenvalue weighted by Crippen LogP contribution is 2.30. The molecule has 0 spiro atoms. The van der Waals surface area contributed by atoms with E-state index < -0.39 is 0 Å². The smallest absolute Gasteiger partial charge is 0.310 e. The van der Waals surface area contributed by atoms with Crippen molar-refractivity contribution in [3.63, 3.8) is 0 Å². The zero-order chi connectivity index (χ0) is 14.0. The molecule has 2 fully saturated rings. The zero-order valence-electron chi connectivity index (χ0n) is 12.3. The largest absolute Gasteiger partial charge is 0.469 e. The summed E-state index contributed by atoms with van der Waals surface area (Å²) in [5.74, 6) is 1.86. The van der Waals surface area contributed by atoms with Crippen LogP contribution >= 0.6 is 0 Å². The van der Waals surface area contributed by atoms with Gasteiger partial charge in [-0.05, 0) is 25.2 Å². The average Bonchev–Trinajstić information content (AvgIpc) is 2.93. The first-order chi connectivity index (χ1) is 9.06. The maximum absolute atomic E-state index is 11.7. The number of rotatable bonds is 3. The number of hydrogen-bond donors (Lipinski definition) is 1. The number of guanidine groups is 1. The first kappa shape index (κ1) is 14.2. The predicted octanol–water partition coefficient (Wildman–Crippen LogP) is 1.10. The lowest BCUT2D eigenvalue weighted by molar-refractivity contribution is -0.145. The number of hydrogen-bond acceptors (Lipinski definition) is 3. The van der Waals surface area contributed by atoms with Crippen molar-refractivity contribution >= 4 is 11.9 Å². The molecule has 108 valence electrons. The maximum atomic E-state index is 11.7. The van der Waals surface area contributed by atoms with Crippen molar-refractivity contribution in [2.45, 2.75) is 33.2 Å². The van der Waals surface area contributed by atoms with Gasteiger partial charge in [0.05, 0.1) is 13.0 Å². The van der Waals surface area contributed by atoms with Crippen LogP contribution in [0.15, 0.2) is 4.99 Å². The lowest BCUT2D eigenvalue weighted by Gasteiger charge is -2.22. The number of methoxy groups -OCH3 is 1. The first-order valence-electron chi connectivity index (χ1n) is 7.20. The van der Waals surface area contributed by atoms with Gasteiger partial charge < -0.3 is 15.0 Å². The second kappa shape index (κ2) is 5.80. The summed E-state index contributed by atoms with van der Waals surface area (Å²) in [6.07, 6.45) is 1.21. The summed E-state index contributed by atoms with van der Waals surface area (Å²) in [6.45, 7) is 8.72. The summed E-state index contributed by atoms with van der Waals surface area (Å²) in [6, 6.07) is 0.554. The molecule has 2 rings (SSSR count). The number of nitrogens with zero attached hydrogens (tertiary/aromatic N) is 2. The molecule has 0 aromatic rings. The van der Waals surface area contributed by atoms with Crippen LogP contribution in [0.1, 0.15) is 27.2 Å². The fraction of sp³-hybridized carbons (Fsp3) is 0.857. The minimum atomic E-state index is -0.106. The lowest BCUT2D eigenvalue weighted by atomic mass is 9.99. The number of esters is 1. The molecule has 0 amide bonds. The Morgan fingerprint density at radius 2 is 2.05 bits per heavy atom. The Bertz CT molecular complexity index is 370. The van der Waals surface area contributed by atoms with Gasteiger partial charge in [0.25, 0.3) is 0 Å². The van der Waals surface area contributed by atoms with Gasteiger partial charge in [0.2, 0.25) is 0 Å². The minimum absolute atomic E-state index is 0.0366. The Morgan fingerprint density at radius 1 is 1.37 bits per heavy atom. The fourth-order valence-corrected chi connectivity index (χ4v) is 2.67. The Balaban J connectivity index is 1.99. The highest BCUT2D eigenvalue weighted by atomic mass is 16.5. The van der Waals surface area contributed by atoms with Crippen LogP contribution in [0.5, 0.6) is 0 Å². The maximum Gasteiger partial charge on any atom is 0.310 e. The van der Waals surface area contributed by atoms with Crippen molar-refractivity contribution in [3.05, 3.63) is 0 Å². The molecule has 1 aliphatic carbocycles. The Hall–Kier alpha value is -1.26. The molecule has 5 nitrogen and oxygen atoms in total. The van der Waals surface area contributed by atoms with Crippen molar-refractivity contribution in [3.8, 4) is 0 Å². The molecule has 1 heterocycles. The summed E-state index contributed by atoms with van der Waals surface area (Å²) in [7, 11) is 1.46. The van der Waals surface area contributed by atoms with Crippen molar-refractivity contribution in [2.24, 2.45) is 22.7 Å². The van der Waals surface area contributed by atoms with E-state index in [1.807, 2.05) is 6.92 Å². The number of carbonyl (C=O) groups is 1. The van der Waals surface area contributed by atoms with Crippen LogP contribution in [0.25, 0.3) is 0 Å². The van der Waals surface area contributed by atoms with Gasteiger partial charge in [-0.2, -0.15) is 0 Å². The van der Waals surface area contributed by atoms with E-state index in [1.165, 1.54) is 13.5 Å². The third-order valence-corrected chi connectivity index (χ3v) is 4.15. The number of aliphatic imine (C=N–C) groups is 1. The normalized spacial score (nSPS) is 34.3. The van der Waals surface area contributed by atoms with Crippen LogP contribution in [0.4, 0.5) is 0 Å². The van der Waals surface area contributed by atoms with Gasteiger partial charge in [-0.25, -0.2) is 0 Å². The van der Waals surface area contributed by atoms with Crippen LogP contribution in [-0.4, -0.2) is 49.6 Å². The molecule has 0 aromatic carbocycles. The molecule has 5 heteroatoms. The van der Waals surface area contributed by atoms with E-state index in [1.54, 1.807) is 0 Å². The molecule has 0 aromatic heterocycles. The van der Waals surface area contributed by atoms with Gasteiger partial charge in [0, 0.05) is 25.7 Å². The van der Waals surface area contributed by atoms with E-state index in [0.717, 1.165) is 25.0 Å². The summed E-state index contributed by atoms with van der Waals surface area (Å²) in [4.78, 5) is 18.5. The molecule has 0 radical (unpaired) electrons. The lowest BCUT2D eigenvalue weighted by Crippen LogP contribution is -2.42. The minimum Gasteiger partial charge on any atom is -0.469 e. The average molecular weight is 267 g/mol. The van der Waals surface area contributed by atoms with Gasteiger partial charge in [-0.3, -0.25) is 9.79 Å². The molecule has 1 aliphatic heterocycles. The van der Waals surface area contributed by atoms with Crippen LogP contribution in [0.2, 0.25) is 0 Å². The molecule has 4 atom stereocenters. The quantitative estimate of drug-likeness (QED) is 0.473. The van der Waals surface area contributed by atoms with Crippen LogP contribution in [0.3, 0.4) is 0 Å². The fourth-order valence-electron chi connectivity index (χ4n) is 2.67. The van der Waals surface area contributed by atoms with E-state index in [-0.39, 0.29) is 11.9 Å². The Labute approximate surface area is 115 Å². The van der Waals surface area contributed by atoms with Gasteiger partial charge in [0.15, 0.2) is 5.96 Å². The third-order valence-electron chi connectivity index (χ3n) is 4.15. The molecule has 2 aliphatic rings. The number of carbonyl (C=O) groups excluding carboxylic acids is 1. The topological polar surface area (TPSA) is 53.9 Å². The number of nitrogens with one attached hydrogen (secondary N) is 1. The van der Waals surface area contributed by atoms with E-state index in [0.29, 0.717) is 18.5 Å². The summed E-state index contributed by atoms with van der Waals surface area (Å²) >= 11 is 0. The van der Waals surface area contributed by atoms with Crippen molar-refractivity contribution in [1.82, 2.24) is 10.2 Å². The van der Waals surface area contributed by atoms with Crippen LogP contribution < -0.4 is 5.32 Å². The second-order valence-electron chi connectivity index (χ2n) is 5.77. The second-order valence-corrected chi connectivity index (χ2v) is 5.77. The molecule has 4 unspecified atom stereocenters. The Kier molecular flexibility index (Phi) is 4.32. The third kappa shape index (κ3) is 3.19. The molecule has 19 heavy (non-hydrogen) atoms. The van der Waals surface area contributed by atoms with Crippen LogP contribution in [-0.2, 0) is 9.53 Å². The highest BCUT2D eigenvalue weighted by Gasteiger charge is 2.39. The molecular formula is C14H25N3O2. The number of ether oxygens (including phenoxy) is 1. The predicted molar refractivity (Wildman–Crippen MR) is 74.9 cm³/mol. The van der Waals surface area contributed by atoms with Crippen molar-refractivity contribution in [2.75, 3.05) is 26.7 Å². The van der Waals surface area contributed by atoms with E-state index in [4.69, 9.17) is 4.74 Å². The van der Waals surface area contributed by atoms with Crippen LogP contribution in [0, 0.1) is 17.8 Å². The van der Waals surface area contributed by atoms with E-state index >= 15 is 0 Å². The molecular weight excluding hydrogens is 242 g/mol. The van der Waals surface area contributed by atoms with Crippen molar-refractivity contribution in [1.29, 1.82) is 0 Å². The van der Waals surface area contributed by atoms with Crippen molar-refractivity contribution < 1.29 is 9.53 Å². The van der Waals surface area contributed by atoms with Gasteiger partial charge in [0.1, 0.15) is 0 Å². The molecule has 1 N–H and O–H groups in total. The SMILES string of the molecule is CCN=C(NC1CC1C)N1CC(C)C(C(=O)OC)C1. The molecule has 1 saturated carbocycles. The standard InChI is InChI=1S/C14H25N3O2/c1-5-15-14(16-12-6-9(12)2)17-7-10(3)11(8-17)13(18)19-4/h9-12H,5-8H2,1-4H3,(H,15,16). The van der Waals surface area contributed by atoms with Gasteiger partial charge >= 0.3 is 5.97 Å². The highest BCUT2D eigenvalue weighted by molar-refractivity contribution is 5.82. The van der Waals surface area contributed by atoms with E-state index in [2.05, 4.69) is 29.1 Å². The molecule has 0 bridgehead atoms. The first-order valence-corrected chi connectivity index (χ1v) is 7.20. The summed E-state index contributed by atoms with van der Waals surface area (Å²) in [5, 5.41) is 3.51. The van der Waals surface area contributed by atoms with E-state index in [9.17, 15) is 4.79 Å². The molecule has 1 saturated heterocycles. The summed E-state index contributed by atoms with van der Waals surface area (Å²) < 4.78 is 4.88. The van der Waals surface area contributed by atoms with Gasteiger partial charge in [-0.1, -0.05) is 13.8 Å². The summed E-state index contributed by atoms with van der Waals surface area (Å²) in [5.41, 5.74) is 0. The number of likely N-dealkylation sites (tertiary alicyclic amines) is 1. The monoisotopic (exact) mass is 267 g/mol. The zero-order valence-corrected chi connectivity index (χ0v) is 12.3. The van der Waals surface area contributed by atoms with Gasteiger partial charge in [-0.15, -0.1) is 0 Å². The Morgan fingerprint density at radius 3 is 2.58 bits per heavy atom.